The third-order valence-corrected chi connectivity index (χ3v) is 3.88. The summed E-state index contributed by atoms with van der Waals surface area (Å²) in [7, 11) is 1.71. The van der Waals surface area contributed by atoms with Crippen LogP contribution < -0.4 is 20.1 Å². The van der Waals surface area contributed by atoms with Crippen molar-refractivity contribution in [1.29, 1.82) is 0 Å². The molecule has 1 aliphatic rings. The molecule has 7 nitrogen and oxygen atoms in total. The molecule has 0 saturated heterocycles. The Morgan fingerprint density at radius 3 is 2.58 bits per heavy atom. The minimum atomic E-state index is -0.958. The van der Waals surface area contributed by atoms with Gasteiger partial charge < -0.3 is 24.8 Å². The van der Waals surface area contributed by atoms with E-state index in [1.54, 1.807) is 49.5 Å². The number of hydrogen-bond donors (Lipinski definition) is 2. The summed E-state index contributed by atoms with van der Waals surface area (Å²) in [5.74, 6) is 0.204. The van der Waals surface area contributed by atoms with Crippen molar-refractivity contribution < 1.29 is 23.8 Å². The van der Waals surface area contributed by atoms with E-state index in [4.69, 9.17) is 14.2 Å². The number of carbonyl (C=O) groups excluding carboxylic acids is 2. The predicted molar refractivity (Wildman–Crippen MR) is 96.9 cm³/mol. The fourth-order valence-electron chi connectivity index (χ4n) is 2.52. The lowest BCUT2D eigenvalue weighted by molar-refractivity contribution is -0.123. The number of para-hydroxylation sites is 1. The molecule has 2 aromatic rings. The highest BCUT2D eigenvalue weighted by molar-refractivity contribution is 5.99. The molecule has 0 aromatic heterocycles. The zero-order valence-electron chi connectivity index (χ0n) is 14.6. The number of fused-ring (bicyclic) bond motifs is 1. The summed E-state index contributed by atoms with van der Waals surface area (Å²) in [6.07, 6.45) is -0.958. The Labute approximate surface area is 151 Å². The average Bonchev–Trinajstić information content (AvgIpc) is 2.67. The van der Waals surface area contributed by atoms with Crippen LogP contribution >= 0.6 is 0 Å². The Hall–Kier alpha value is -3.22. The van der Waals surface area contributed by atoms with Crippen LogP contribution in [0, 0.1) is 0 Å². The predicted octanol–water partition coefficient (Wildman–Crippen LogP) is 2.68. The van der Waals surface area contributed by atoms with Crippen molar-refractivity contribution in [2.45, 2.75) is 13.0 Å². The highest BCUT2D eigenvalue weighted by Crippen LogP contribution is 2.32. The van der Waals surface area contributed by atoms with Gasteiger partial charge in [-0.25, -0.2) is 4.79 Å². The quantitative estimate of drug-likeness (QED) is 0.801. The SMILES string of the molecule is CNc1ccccc1C(=O)O[C@H](C)C(=O)Nc1ccc2c(c1)OCCO2. The van der Waals surface area contributed by atoms with Crippen LogP contribution in [0.5, 0.6) is 11.5 Å². The first-order valence-electron chi connectivity index (χ1n) is 8.27. The van der Waals surface area contributed by atoms with Crippen molar-refractivity contribution in [3.8, 4) is 11.5 Å². The minimum absolute atomic E-state index is 0.369. The Bertz CT molecular complexity index is 821. The lowest BCUT2D eigenvalue weighted by atomic mass is 10.2. The molecule has 3 rings (SSSR count). The summed E-state index contributed by atoms with van der Waals surface area (Å²) < 4.78 is 16.2. The van der Waals surface area contributed by atoms with Gasteiger partial charge in [0.1, 0.15) is 13.2 Å². The number of amides is 1. The molecule has 1 aliphatic heterocycles. The minimum Gasteiger partial charge on any atom is -0.486 e. The van der Waals surface area contributed by atoms with E-state index in [2.05, 4.69) is 10.6 Å². The molecule has 1 heterocycles. The van der Waals surface area contributed by atoms with Gasteiger partial charge in [-0.15, -0.1) is 0 Å². The maximum Gasteiger partial charge on any atom is 0.341 e. The number of nitrogens with one attached hydrogen (secondary N) is 2. The Morgan fingerprint density at radius 1 is 1.08 bits per heavy atom. The molecule has 7 heteroatoms. The fraction of sp³-hybridized carbons (Fsp3) is 0.263. The van der Waals surface area contributed by atoms with Crippen molar-refractivity contribution >= 4 is 23.3 Å². The smallest absolute Gasteiger partial charge is 0.341 e. The number of rotatable bonds is 5. The van der Waals surface area contributed by atoms with Crippen LogP contribution in [0.1, 0.15) is 17.3 Å². The van der Waals surface area contributed by atoms with E-state index in [1.165, 1.54) is 6.92 Å². The van der Waals surface area contributed by atoms with Crippen LogP contribution in [-0.2, 0) is 9.53 Å². The van der Waals surface area contributed by atoms with Crippen LogP contribution in [0.2, 0.25) is 0 Å². The zero-order chi connectivity index (χ0) is 18.5. The molecule has 2 N–H and O–H groups in total. The molecule has 0 bridgehead atoms. The van der Waals surface area contributed by atoms with Gasteiger partial charge in [0.2, 0.25) is 0 Å². The first-order valence-corrected chi connectivity index (χ1v) is 8.27. The molecule has 0 unspecified atom stereocenters. The van der Waals surface area contributed by atoms with E-state index in [0.29, 0.717) is 41.7 Å². The Kier molecular flexibility index (Phi) is 5.26. The topological polar surface area (TPSA) is 85.9 Å². The van der Waals surface area contributed by atoms with E-state index in [1.807, 2.05) is 0 Å². The summed E-state index contributed by atoms with van der Waals surface area (Å²) in [4.78, 5) is 24.6. The van der Waals surface area contributed by atoms with Crippen molar-refractivity contribution in [2.75, 3.05) is 30.9 Å². The van der Waals surface area contributed by atoms with Gasteiger partial charge in [0.05, 0.1) is 5.56 Å². The number of anilines is 2. The maximum absolute atomic E-state index is 12.3. The van der Waals surface area contributed by atoms with Gasteiger partial charge in [-0.3, -0.25) is 4.79 Å². The average molecular weight is 356 g/mol. The van der Waals surface area contributed by atoms with Gasteiger partial charge >= 0.3 is 5.97 Å². The summed E-state index contributed by atoms with van der Waals surface area (Å²) in [6.45, 7) is 2.48. The maximum atomic E-state index is 12.3. The standard InChI is InChI=1S/C19H20N2O5/c1-12(26-19(23)14-5-3-4-6-15(14)20-2)18(22)21-13-7-8-16-17(11-13)25-10-9-24-16/h3-8,11-12,20H,9-10H2,1-2H3,(H,21,22)/t12-/m1/s1. The second-order valence-corrected chi connectivity index (χ2v) is 5.69. The van der Waals surface area contributed by atoms with E-state index in [0.717, 1.165) is 0 Å². The van der Waals surface area contributed by atoms with Crippen molar-refractivity contribution in [3.63, 3.8) is 0 Å². The van der Waals surface area contributed by atoms with E-state index < -0.39 is 18.0 Å². The van der Waals surface area contributed by atoms with Crippen LogP contribution in [0.15, 0.2) is 42.5 Å². The first kappa shape index (κ1) is 17.6. The normalized spacial score (nSPS) is 13.5. The molecule has 26 heavy (non-hydrogen) atoms. The molecule has 1 amide bonds. The molecular weight excluding hydrogens is 336 g/mol. The number of carbonyl (C=O) groups is 2. The molecular formula is C19H20N2O5. The summed E-state index contributed by atoms with van der Waals surface area (Å²) in [5, 5.41) is 5.63. The van der Waals surface area contributed by atoms with E-state index in [9.17, 15) is 9.59 Å². The molecule has 0 saturated carbocycles. The van der Waals surface area contributed by atoms with E-state index in [-0.39, 0.29) is 0 Å². The van der Waals surface area contributed by atoms with Crippen molar-refractivity contribution in [2.24, 2.45) is 0 Å². The Morgan fingerprint density at radius 2 is 1.81 bits per heavy atom. The van der Waals surface area contributed by atoms with Gasteiger partial charge in [-0.1, -0.05) is 12.1 Å². The highest BCUT2D eigenvalue weighted by atomic mass is 16.6. The van der Waals surface area contributed by atoms with Gasteiger partial charge in [0, 0.05) is 24.5 Å². The third kappa shape index (κ3) is 3.88. The van der Waals surface area contributed by atoms with E-state index >= 15 is 0 Å². The first-order chi connectivity index (χ1) is 12.6. The van der Waals surface area contributed by atoms with Gasteiger partial charge in [0.15, 0.2) is 17.6 Å². The van der Waals surface area contributed by atoms with Gasteiger partial charge in [0.25, 0.3) is 5.91 Å². The van der Waals surface area contributed by atoms with Gasteiger partial charge in [-0.2, -0.15) is 0 Å². The van der Waals surface area contributed by atoms with Crippen LogP contribution in [-0.4, -0.2) is 38.2 Å². The van der Waals surface area contributed by atoms with Gasteiger partial charge in [-0.05, 0) is 31.2 Å². The van der Waals surface area contributed by atoms with Crippen LogP contribution in [0.25, 0.3) is 0 Å². The second-order valence-electron chi connectivity index (χ2n) is 5.69. The molecule has 2 aromatic carbocycles. The Balaban J connectivity index is 1.63. The highest BCUT2D eigenvalue weighted by Gasteiger charge is 2.21. The third-order valence-electron chi connectivity index (χ3n) is 3.88. The molecule has 0 fully saturated rings. The lowest BCUT2D eigenvalue weighted by Crippen LogP contribution is -2.30. The monoisotopic (exact) mass is 356 g/mol. The van der Waals surface area contributed by atoms with Crippen molar-refractivity contribution in [3.05, 3.63) is 48.0 Å². The molecule has 0 aliphatic carbocycles. The molecule has 1 atom stereocenters. The fourth-order valence-corrected chi connectivity index (χ4v) is 2.52. The number of ether oxygens (including phenoxy) is 3. The zero-order valence-corrected chi connectivity index (χ0v) is 14.6. The van der Waals surface area contributed by atoms with Crippen LogP contribution in [0.3, 0.4) is 0 Å². The summed E-state index contributed by atoms with van der Waals surface area (Å²) in [5.41, 5.74) is 1.55. The largest absolute Gasteiger partial charge is 0.486 e. The molecule has 0 spiro atoms. The van der Waals surface area contributed by atoms with Crippen molar-refractivity contribution in [1.82, 2.24) is 0 Å². The lowest BCUT2D eigenvalue weighted by Gasteiger charge is -2.19. The number of benzene rings is 2. The number of esters is 1. The summed E-state index contributed by atoms with van der Waals surface area (Å²) >= 11 is 0. The van der Waals surface area contributed by atoms with Crippen LogP contribution in [0.4, 0.5) is 11.4 Å². The number of hydrogen-bond acceptors (Lipinski definition) is 6. The molecule has 136 valence electrons. The summed E-state index contributed by atoms with van der Waals surface area (Å²) in [6, 6.07) is 12.0. The second kappa shape index (κ2) is 7.77. The molecule has 0 radical (unpaired) electrons.